The van der Waals surface area contributed by atoms with Crippen molar-refractivity contribution >= 4 is 11.8 Å². The minimum atomic E-state index is -0.137. The van der Waals surface area contributed by atoms with Crippen molar-refractivity contribution in [2.75, 3.05) is 26.2 Å². The third kappa shape index (κ3) is 5.05. The van der Waals surface area contributed by atoms with Crippen LogP contribution < -0.4 is 0 Å². The number of hydrogen-bond donors (Lipinski definition) is 0. The summed E-state index contributed by atoms with van der Waals surface area (Å²) in [5.74, 6) is 0.635. The molecule has 2 aliphatic rings. The number of amides is 2. The Morgan fingerprint density at radius 2 is 2.00 bits per heavy atom. The summed E-state index contributed by atoms with van der Waals surface area (Å²) in [5, 5.41) is 0. The molecule has 2 fully saturated rings. The third-order valence-corrected chi connectivity index (χ3v) is 5.67. The smallest absolute Gasteiger partial charge is 0.224 e. The molecule has 1 atom stereocenters. The molecule has 4 nitrogen and oxygen atoms in total. The number of nitrogens with zero attached hydrogens (tertiary/aromatic N) is 2. The predicted molar refractivity (Wildman–Crippen MR) is 99.1 cm³/mol. The van der Waals surface area contributed by atoms with Crippen LogP contribution in [0.15, 0.2) is 24.3 Å². The SMILES string of the molecule is O=C1CCCCN1CCC(=O)N1CCCC(CCc2ccccc2F)C1. The lowest BCUT2D eigenvalue weighted by atomic mass is 9.91. The van der Waals surface area contributed by atoms with Crippen LogP contribution in [0.1, 0.15) is 50.5 Å². The Hall–Kier alpha value is -1.91. The van der Waals surface area contributed by atoms with Crippen LogP contribution in [-0.2, 0) is 16.0 Å². The molecule has 5 heteroatoms. The van der Waals surface area contributed by atoms with Crippen LogP contribution in [0.5, 0.6) is 0 Å². The summed E-state index contributed by atoms with van der Waals surface area (Å²) >= 11 is 0. The molecule has 0 aromatic heterocycles. The van der Waals surface area contributed by atoms with Gasteiger partial charge in [-0.15, -0.1) is 0 Å². The van der Waals surface area contributed by atoms with E-state index in [0.29, 0.717) is 25.3 Å². The number of rotatable bonds is 6. The first-order chi connectivity index (χ1) is 12.6. The van der Waals surface area contributed by atoms with Crippen LogP contribution in [0.25, 0.3) is 0 Å². The maximum absolute atomic E-state index is 13.8. The lowest BCUT2D eigenvalue weighted by Gasteiger charge is -2.34. The number of benzene rings is 1. The number of carbonyl (C=O) groups is 2. The average molecular weight is 360 g/mol. The highest BCUT2D eigenvalue weighted by Crippen LogP contribution is 2.23. The zero-order valence-electron chi connectivity index (χ0n) is 15.5. The molecule has 0 radical (unpaired) electrons. The quantitative estimate of drug-likeness (QED) is 0.780. The first-order valence-corrected chi connectivity index (χ1v) is 9.92. The number of hydrogen-bond acceptors (Lipinski definition) is 2. The largest absolute Gasteiger partial charge is 0.342 e. The van der Waals surface area contributed by atoms with Crippen LogP contribution in [0.2, 0.25) is 0 Å². The molecule has 0 saturated carbocycles. The Labute approximate surface area is 155 Å². The number of carbonyl (C=O) groups excluding carboxylic acids is 2. The molecule has 1 aromatic rings. The van der Waals surface area contributed by atoms with Gasteiger partial charge < -0.3 is 9.80 Å². The van der Waals surface area contributed by atoms with E-state index in [9.17, 15) is 14.0 Å². The zero-order chi connectivity index (χ0) is 18.4. The molecule has 2 heterocycles. The van der Waals surface area contributed by atoms with Crippen molar-refractivity contribution in [2.24, 2.45) is 5.92 Å². The first-order valence-electron chi connectivity index (χ1n) is 9.92. The van der Waals surface area contributed by atoms with Gasteiger partial charge in [0.2, 0.25) is 11.8 Å². The van der Waals surface area contributed by atoms with Crippen molar-refractivity contribution < 1.29 is 14.0 Å². The summed E-state index contributed by atoms with van der Waals surface area (Å²) in [7, 11) is 0. The molecule has 0 N–H and O–H groups in total. The van der Waals surface area contributed by atoms with Crippen LogP contribution >= 0.6 is 0 Å². The van der Waals surface area contributed by atoms with E-state index in [-0.39, 0.29) is 17.6 Å². The monoisotopic (exact) mass is 360 g/mol. The Balaban J connectivity index is 1.44. The lowest BCUT2D eigenvalue weighted by molar-refractivity contribution is -0.136. The maximum Gasteiger partial charge on any atom is 0.224 e. The van der Waals surface area contributed by atoms with E-state index in [0.717, 1.165) is 63.7 Å². The second-order valence-electron chi connectivity index (χ2n) is 7.57. The topological polar surface area (TPSA) is 40.6 Å². The molecule has 142 valence electrons. The Morgan fingerprint density at radius 3 is 2.81 bits per heavy atom. The Morgan fingerprint density at radius 1 is 1.15 bits per heavy atom. The number of halogens is 1. The van der Waals surface area contributed by atoms with E-state index in [4.69, 9.17) is 0 Å². The summed E-state index contributed by atoms with van der Waals surface area (Å²) in [6.45, 7) is 2.91. The summed E-state index contributed by atoms with van der Waals surface area (Å²) < 4.78 is 13.8. The second-order valence-corrected chi connectivity index (χ2v) is 7.57. The molecule has 26 heavy (non-hydrogen) atoms. The highest BCUT2D eigenvalue weighted by Gasteiger charge is 2.25. The van der Waals surface area contributed by atoms with Gasteiger partial charge in [0.15, 0.2) is 0 Å². The fourth-order valence-electron chi connectivity index (χ4n) is 4.07. The van der Waals surface area contributed by atoms with E-state index >= 15 is 0 Å². The van der Waals surface area contributed by atoms with E-state index in [1.807, 2.05) is 21.9 Å². The summed E-state index contributed by atoms with van der Waals surface area (Å²) in [5.41, 5.74) is 0.763. The van der Waals surface area contributed by atoms with Gasteiger partial charge in [-0.3, -0.25) is 9.59 Å². The standard InChI is InChI=1S/C21H29FN2O2/c22-19-8-2-1-7-18(19)11-10-17-6-5-14-24(16-17)21(26)12-15-23-13-4-3-9-20(23)25/h1-2,7-8,17H,3-6,9-16H2. The molecule has 2 aliphatic heterocycles. The zero-order valence-corrected chi connectivity index (χ0v) is 15.5. The fraction of sp³-hybridized carbons (Fsp3) is 0.619. The van der Waals surface area contributed by atoms with Gasteiger partial charge in [0.05, 0.1) is 0 Å². The van der Waals surface area contributed by atoms with Crippen molar-refractivity contribution in [1.29, 1.82) is 0 Å². The second kappa shape index (κ2) is 9.15. The number of piperidine rings is 2. The van der Waals surface area contributed by atoms with Gasteiger partial charge in [-0.1, -0.05) is 18.2 Å². The van der Waals surface area contributed by atoms with Crippen LogP contribution in [0.3, 0.4) is 0 Å². The van der Waals surface area contributed by atoms with Gasteiger partial charge in [-0.05, 0) is 56.1 Å². The van der Waals surface area contributed by atoms with Crippen LogP contribution in [-0.4, -0.2) is 47.8 Å². The van der Waals surface area contributed by atoms with E-state index in [2.05, 4.69) is 0 Å². The molecule has 0 aliphatic carbocycles. The summed E-state index contributed by atoms with van der Waals surface area (Å²) in [6.07, 6.45) is 6.80. The molecule has 1 unspecified atom stereocenters. The van der Waals surface area contributed by atoms with Gasteiger partial charge in [0, 0.05) is 39.0 Å². The van der Waals surface area contributed by atoms with Crippen LogP contribution in [0, 0.1) is 11.7 Å². The molecule has 3 rings (SSSR count). The number of likely N-dealkylation sites (tertiary alicyclic amines) is 2. The van der Waals surface area contributed by atoms with Crippen molar-refractivity contribution in [3.63, 3.8) is 0 Å². The molecule has 0 spiro atoms. The van der Waals surface area contributed by atoms with Crippen molar-refractivity contribution in [3.8, 4) is 0 Å². The van der Waals surface area contributed by atoms with Crippen molar-refractivity contribution in [2.45, 2.75) is 51.4 Å². The third-order valence-electron chi connectivity index (χ3n) is 5.67. The fourth-order valence-corrected chi connectivity index (χ4v) is 4.07. The highest BCUT2D eigenvalue weighted by molar-refractivity contribution is 5.79. The van der Waals surface area contributed by atoms with Gasteiger partial charge in [0.25, 0.3) is 0 Å². The number of aryl methyl sites for hydroxylation is 1. The summed E-state index contributed by atoms with van der Waals surface area (Å²) in [4.78, 5) is 28.2. The Bertz CT molecular complexity index is 634. The van der Waals surface area contributed by atoms with Gasteiger partial charge in [0.1, 0.15) is 5.82 Å². The predicted octanol–water partition coefficient (Wildman–Crippen LogP) is 3.40. The molecule has 0 bridgehead atoms. The normalized spacial score (nSPS) is 21.1. The highest BCUT2D eigenvalue weighted by atomic mass is 19.1. The minimum Gasteiger partial charge on any atom is -0.342 e. The lowest BCUT2D eigenvalue weighted by Crippen LogP contribution is -2.43. The van der Waals surface area contributed by atoms with E-state index in [1.165, 1.54) is 6.07 Å². The Kier molecular flexibility index (Phi) is 6.64. The molecule has 2 saturated heterocycles. The van der Waals surface area contributed by atoms with Gasteiger partial charge in [-0.25, -0.2) is 4.39 Å². The molecule has 2 amide bonds. The first kappa shape index (κ1) is 18.9. The molecule has 1 aromatic carbocycles. The van der Waals surface area contributed by atoms with E-state index < -0.39 is 0 Å². The van der Waals surface area contributed by atoms with E-state index in [1.54, 1.807) is 6.07 Å². The maximum atomic E-state index is 13.8. The molecular formula is C21H29FN2O2. The van der Waals surface area contributed by atoms with Crippen molar-refractivity contribution in [1.82, 2.24) is 9.80 Å². The van der Waals surface area contributed by atoms with Crippen molar-refractivity contribution in [3.05, 3.63) is 35.6 Å². The summed E-state index contributed by atoms with van der Waals surface area (Å²) in [6, 6.07) is 6.94. The molecular weight excluding hydrogens is 331 g/mol. The minimum absolute atomic E-state index is 0.137. The van der Waals surface area contributed by atoms with Gasteiger partial charge in [-0.2, -0.15) is 0 Å². The average Bonchev–Trinajstić information content (AvgIpc) is 2.67. The van der Waals surface area contributed by atoms with Gasteiger partial charge >= 0.3 is 0 Å². The van der Waals surface area contributed by atoms with Crippen LogP contribution in [0.4, 0.5) is 4.39 Å².